The maximum Gasteiger partial charge on any atom is 0.257 e. The van der Waals surface area contributed by atoms with E-state index in [0.29, 0.717) is 10.7 Å². The third kappa shape index (κ3) is 3.98. The molecule has 0 aliphatic carbocycles. The zero-order valence-corrected chi connectivity index (χ0v) is 10.4. The molecule has 0 atom stereocenters. The summed E-state index contributed by atoms with van der Waals surface area (Å²) in [5, 5.41) is 5.96. The monoisotopic (exact) mass is 236 g/mol. The SMILES string of the molecule is CCCNC(=S)NC(=O)c1ccc(C)cc1. The Hall–Kier alpha value is -1.42. The van der Waals surface area contributed by atoms with Crippen molar-refractivity contribution in [2.24, 2.45) is 0 Å². The van der Waals surface area contributed by atoms with E-state index in [1.807, 2.05) is 26.0 Å². The van der Waals surface area contributed by atoms with Gasteiger partial charge in [0, 0.05) is 12.1 Å². The van der Waals surface area contributed by atoms with E-state index in [2.05, 4.69) is 10.6 Å². The Morgan fingerprint density at radius 2 is 1.94 bits per heavy atom. The van der Waals surface area contributed by atoms with Crippen LogP contribution in [-0.4, -0.2) is 17.6 Å². The fourth-order valence-electron chi connectivity index (χ4n) is 1.16. The standard InChI is InChI=1S/C12H16N2OS/c1-3-8-13-12(16)14-11(15)10-6-4-9(2)5-7-10/h4-7H,3,8H2,1-2H3,(H2,13,14,15,16). The number of thiocarbonyl (C=S) groups is 1. The average molecular weight is 236 g/mol. The van der Waals surface area contributed by atoms with E-state index in [4.69, 9.17) is 12.2 Å². The molecule has 0 radical (unpaired) electrons. The molecule has 0 bridgehead atoms. The minimum absolute atomic E-state index is 0.173. The van der Waals surface area contributed by atoms with E-state index in [1.54, 1.807) is 12.1 Å². The number of hydrogen-bond acceptors (Lipinski definition) is 2. The topological polar surface area (TPSA) is 41.1 Å². The number of amides is 1. The normalized spacial score (nSPS) is 9.62. The van der Waals surface area contributed by atoms with Gasteiger partial charge in [-0.25, -0.2) is 0 Å². The van der Waals surface area contributed by atoms with Crippen molar-refractivity contribution < 1.29 is 4.79 Å². The highest BCUT2D eigenvalue weighted by atomic mass is 32.1. The lowest BCUT2D eigenvalue weighted by Gasteiger charge is -2.08. The molecule has 0 saturated carbocycles. The van der Waals surface area contributed by atoms with Crippen molar-refractivity contribution in [1.82, 2.24) is 10.6 Å². The van der Waals surface area contributed by atoms with E-state index in [1.165, 1.54) is 0 Å². The summed E-state index contributed by atoms with van der Waals surface area (Å²) in [6, 6.07) is 7.37. The molecule has 0 aliphatic heterocycles. The summed E-state index contributed by atoms with van der Waals surface area (Å²) >= 11 is 4.98. The molecule has 0 aliphatic rings. The van der Waals surface area contributed by atoms with Crippen LogP contribution in [-0.2, 0) is 0 Å². The van der Waals surface area contributed by atoms with Crippen molar-refractivity contribution in [3.8, 4) is 0 Å². The van der Waals surface area contributed by atoms with Gasteiger partial charge in [0.15, 0.2) is 5.11 Å². The van der Waals surface area contributed by atoms with Crippen LogP contribution in [0.15, 0.2) is 24.3 Å². The lowest BCUT2D eigenvalue weighted by atomic mass is 10.1. The largest absolute Gasteiger partial charge is 0.362 e. The summed E-state index contributed by atoms with van der Waals surface area (Å²) in [6.45, 7) is 4.79. The summed E-state index contributed by atoms with van der Waals surface area (Å²) in [7, 11) is 0. The highest BCUT2D eigenvalue weighted by Crippen LogP contribution is 2.02. The Bertz CT molecular complexity index is 373. The summed E-state index contributed by atoms with van der Waals surface area (Å²) in [4.78, 5) is 11.7. The Labute approximate surface area is 101 Å². The van der Waals surface area contributed by atoms with Crippen molar-refractivity contribution in [3.05, 3.63) is 35.4 Å². The fourth-order valence-corrected chi connectivity index (χ4v) is 1.36. The van der Waals surface area contributed by atoms with E-state index in [9.17, 15) is 4.79 Å². The number of nitrogens with one attached hydrogen (secondary N) is 2. The van der Waals surface area contributed by atoms with Gasteiger partial charge in [-0.2, -0.15) is 0 Å². The van der Waals surface area contributed by atoms with Crippen molar-refractivity contribution in [1.29, 1.82) is 0 Å². The molecule has 0 aromatic heterocycles. The quantitative estimate of drug-likeness (QED) is 0.789. The summed E-state index contributed by atoms with van der Waals surface area (Å²) in [6.07, 6.45) is 0.973. The molecule has 0 unspecified atom stereocenters. The number of benzene rings is 1. The highest BCUT2D eigenvalue weighted by molar-refractivity contribution is 7.80. The summed E-state index contributed by atoms with van der Waals surface area (Å²) < 4.78 is 0. The van der Waals surface area contributed by atoms with Gasteiger partial charge in [-0.1, -0.05) is 24.6 Å². The summed E-state index contributed by atoms with van der Waals surface area (Å²) in [5.41, 5.74) is 1.74. The first-order valence-corrected chi connectivity index (χ1v) is 5.70. The minimum Gasteiger partial charge on any atom is -0.362 e. The van der Waals surface area contributed by atoms with E-state index in [-0.39, 0.29) is 5.91 Å². The second-order valence-electron chi connectivity index (χ2n) is 3.58. The van der Waals surface area contributed by atoms with Gasteiger partial charge in [-0.15, -0.1) is 0 Å². The molecule has 2 N–H and O–H groups in total. The smallest absolute Gasteiger partial charge is 0.257 e. The average Bonchev–Trinajstić information content (AvgIpc) is 2.27. The van der Waals surface area contributed by atoms with Crippen LogP contribution in [0.2, 0.25) is 0 Å². The van der Waals surface area contributed by atoms with Gasteiger partial charge in [-0.05, 0) is 37.7 Å². The minimum atomic E-state index is -0.173. The fraction of sp³-hybridized carbons (Fsp3) is 0.333. The summed E-state index contributed by atoms with van der Waals surface area (Å²) in [5.74, 6) is -0.173. The first-order chi connectivity index (χ1) is 7.63. The molecule has 1 rings (SSSR count). The maximum atomic E-state index is 11.7. The van der Waals surface area contributed by atoms with Gasteiger partial charge < -0.3 is 5.32 Å². The van der Waals surface area contributed by atoms with Crippen molar-refractivity contribution in [2.45, 2.75) is 20.3 Å². The molecule has 0 spiro atoms. The Morgan fingerprint density at radius 3 is 2.50 bits per heavy atom. The lowest BCUT2D eigenvalue weighted by molar-refractivity contribution is 0.0976. The first kappa shape index (κ1) is 12.6. The Morgan fingerprint density at radius 1 is 1.31 bits per heavy atom. The van der Waals surface area contributed by atoms with Gasteiger partial charge in [-0.3, -0.25) is 10.1 Å². The molecular formula is C12H16N2OS. The number of carbonyl (C=O) groups excluding carboxylic acids is 1. The third-order valence-electron chi connectivity index (χ3n) is 2.08. The molecule has 0 heterocycles. The van der Waals surface area contributed by atoms with Crippen molar-refractivity contribution >= 4 is 23.2 Å². The molecule has 86 valence electrons. The number of aryl methyl sites for hydroxylation is 1. The van der Waals surface area contributed by atoms with Crippen molar-refractivity contribution in [2.75, 3.05) is 6.54 Å². The molecule has 1 amide bonds. The van der Waals surface area contributed by atoms with Crippen molar-refractivity contribution in [3.63, 3.8) is 0 Å². The molecule has 0 saturated heterocycles. The van der Waals surface area contributed by atoms with E-state index >= 15 is 0 Å². The van der Waals surface area contributed by atoms with Crippen LogP contribution in [0.25, 0.3) is 0 Å². The van der Waals surface area contributed by atoms with Gasteiger partial charge in [0.05, 0.1) is 0 Å². The van der Waals surface area contributed by atoms with E-state index in [0.717, 1.165) is 18.5 Å². The zero-order chi connectivity index (χ0) is 12.0. The van der Waals surface area contributed by atoms with Crippen LogP contribution in [0.3, 0.4) is 0 Å². The van der Waals surface area contributed by atoms with Gasteiger partial charge in [0.2, 0.25) is 0 Å². The zero-order valence-electron chi connectivity index (χ0n) is 9.54. The number of rotatable bonds is 3. The Balaban J connectivity index is 2.52. The second-order valence-corrected chi connectivity index (χ2v) is 3.98. The Kier molecular flexibility index (Phi) is 4.92. The molecule has 1 aromatic rings. The molecule has 1 aromatic carbocycles. The van der Waals surface area contributed by atoms with E-state index < -0.39 is 0 Å². The van der Waals surface area contributed by atoms with Crippen LogP contribution < -0.4 is 10.6 Å². The van der Waals surface area contributed by atoms with Crippen LogP contribution in [0.1, 0.15) is 29.3 Å². The van der Waals surface area contributed by atoms with Crippen LogP contribution in [0.4, 0.5) is 0 Å². The van der Waals surface area contributed by atoms with Crippen LogP contribution >= 0.6 is 12.2 Å². The maximum absolute atomic E-state index is 11.7. The molecule has 3 nitrogen and oxygen atoms in total. The van der Waals surface area contributed by atoms with Gasteiger partial charge in [0.1, 0.15) is 0 Å². The molecular weight excluding hydrogens is 220 g/mol. The molecule has 16 heavy (non-hydrogen) atoms. The first-order valence-electron chi connectivity index (χ1n) is 5.29. The predicted molar refractivity (Wildman–Crippen MR) is 69.5 cm³/mol. The number of carbonyl (C=O) groups is 1. The second kappa shape index (κ2) is 6.23. The van der Waals surface area contributed by atoms with Gasteiger partial charge >= 0.3 is 0 Å². The molecule has 4 heteroatoms. The van der Waals surface area contributed by atoms with Crippen LogP contribution in [0, 0.1) is 6.92 Å². The highest BCUT2D eigenvalue weighted by Gasteiger charge is 2.06. The van der Waals surface area contributed by atoms with Gasteiger partial charge in [0.25, 0.3) is 5.91 Å². The molecule has 0 fully saturated rings. The predicted octanol–water partition coefficient (Wildman–Crippen LogP) is 2.01. The van der Waals surface area contributed by atoms with Crippen LogP contribution in [0.5, 0.6) is 0 Å². The third-order valence-corrected chi connectivity index (χ3v) is 2.32. The lowest BCUT2D eigenvalue weighted by Crippen LogP contribution is -2.39. The number of hydrogen-bond donors (Lipinski definition) is 2.